The van der Waals surface area contributed by atoms with E-state index in [1.165, 1.54) is 55.2 Å². The molecule has 1 aliphatic carbocycles. The largest absolute Gasteiger partial charge is 0.313 e. The molecular formula is C17H27N. The van der Waals surface area contributed by atoms with E-state index in [1.54, 1.807) is 0 Å². The van der Waals surface area contributed by atoms with Crippen molar-refractivity contribution in [2.45, 2.75) is 58.4 Å². The lowest BCUT2D eigenvalue weighted by atomic mass is 9.83. The van der Waals surface area contributed by atoms with Crippen molar-refractivity contribution in [3.05, 3.63) is 34.9 Å². The van der Waals surface area contributed by atoms with E-state index >= 15 is 0 Å². The molecule has 0 saturated heterocycles. The molecule has 1 N–H and O–H groups in total. The highest BCUT2D eigenvalue weighted by Crippen LogP contribution is 2.32. The molecule has 0 bridgehead atoms. The summed E-state index contributed by atoms with van der Waals surface area (Å²) in [6.07, 6.45) is 8.50. The summed E-state index contributed by atoms with van der Waals surface area (Å²) >= 11 is 0. The Morgan fingerprint density at radius 1 is 1.11 bits per heavy atom. The summed E-state index contributed by atoms with van der Waals surface area (Å²) in [5.74, 6) is 0.929. The third kappa shape index (κ3) is 3.35. The molecule has 0 heterocycles. The van der Waals surface area contributed by atoms with Crippen molar-refractivity contribution in [3.8, 4) is 0 Å². The highest BCUT2D eigenvalue weighted by atomic mass is 14.9. The molecule has 0 radical (unpaired) electrons. The van der Waals surface area contributed by atoms with Crippen LogP contribution in [0.1, 0.15) is 61.3 Å². The van der Waals surface area contributed by atoms with E-state index in [0.29, 0.717) is 6.04 Å². The fraction of sp³-hybridized carbons (Fsp3) is 0.647. The molecule has 1 heteroatoms. The van der Waals surface area contributed by atoms with Gasteiger partial charge in [-0.2, -0.15) is 0 Å². The second kappa shape index (κ2) is 6.38. The molecule has 100 valence electrons. The van der Waals surface area contributed by atoms with Crippen molar-refractivity contribution in [1.29, 1.82) is 0 Å². The minimum atomic E-state index is 0.535. The lowest BCUT2D eigenvalue weighted by Gasteiger charge is -2.27. The minimum absolute atomic E-state index is 0.535. The molecule has 2 rings (SSSR count). The Kier molecular flexibility index (Phi) is 4.82. The zero-order valence-electron chi connectivity index (χ0n) is 12.1. The summed E-state index contributed by atoms with van der Waals surface area (Å²) < 4.78 is 0. The van der Waals surface area contributed by atoms with Gasteiger partial charge in [0.2, 0.25) is 0 Å². The molecule has 1 fully saturated rings. The molecular weight excluding hydrogens is 218 g/mol. The van der Waals surface area contributed by atoms with Gasteiger partial charge in [-0.25, -0.2) is 0 Å². The van der Waals surface area contributed by atoms with E-state index in [9.17, 15) is 0 Å². The molecule has 1 saturated carbocycles. The van der Waals surface area contributed by atoms with Crippen LogP contribution in [0.3, 0.4) is 0 Å². The first-order chi connectivity index (χ1) is 8.70. The van der Waals surface area contributed by atoms with Gasteiger partial charge in [0.25, 0.3) is 0 Å². The average Bonchev–Trinajstić information content (AvgIpc) is 2.40. The van der Waals surface area contributed by atoms with Crippen molar-refractivity contribution in [2.75, 3.05) is 7.05 Å². The van der Waals surface area contributed by atoms with E-state index in [2.05, 4.69) is 44.4 Å². The normalized spacial score (nSPS) is 18.8. The van der Waals surface area contributed by atoms with Crippen LogP contribution in [0, 0.1) is 19.8 Å². The van der Waals surface area contributed by atoms with Crippen molar-refractivity contribution in [3.63, 3.8) is 0 Å². The van der Waals surface area contributed by atoms with Crippen LogP contribution in [0.15, 0.2) is 18.2 Å². The highest BCUT2D eigenvalue weighted by Gasteiger charge is 2.19. The summed E-state index contributed by atoms with van der Waals surface area (Å²) in [6, 6.07) is 7.45. The maximum absolute atomic E-state index is 3.51. The van der Waals surface area contributed by atoms with E-state index < -0.39 is 0 Å². The van der Waals surface area contributed by atoms with Gasteiger partial charge in [-0.1, -0.05) is 50.3 Å². The lowest BCUT2D eigenvalue weighted by molar-refractivity contribution is 0.306. The van der Waals surface area contributed by atoms with Gasteiger partial charge in [0.05, 0.1) is 0 Å². The van der Waals surface area contributed by atoms with E-state index in [-0.39, 0.29) is 0 Å². The quantitative estimate of drug-likeness (QED) is 0.821. The maximum atomic E-state index is 3.51. The van der Waals surface area contributed by atoms with Crippen molar-refractivity contribution in [1.82, 2.24) is 5.32 Å². The Hall–Kier alpha value is -0.820. The summed E-state index contributed by atoms with van der Waals surface area (Å²) in [7, 11) is 2.10. The highest BCUT2D eigenvalue weighted by molar-refractivity contribution is 5.31. The molecule has 1 aromatic rings. The Bertz CT molecular complexity index is 377. The SMILES string of the molecule is CNC(CC1CCCCC1)c1ccc(C)c(C)c1. The van der Waals surface area contributed by atoms with Gasteiger partial charge in [-0.3, -0.25) is 0 Å². The molecule has 0 spiro atoms. The van der Waals surface area contributed by atoms with Crippen molar-refractivity contribution >= 4 is 0 Å². The summed E-state index contributed by atoms with van der Waals surface area (Å²) in [6.45, 7) is 4.40. The van der Waals surface area contributed by atoms with Gasteiger partial charge in [-0.05, 0) is 49.9 Å². The van der Waals surface area contributed by atoms with Gasteiger partial charge in [0.1, 0.15) is 0 Å². The van der Waals surface area contributed by atoms with E-state index in [0.717, 1.165) is 5.92 Å². The number of nitrogens with one attached hydrogen (secondary N) is 1. The molecule has 1 nitrogen and oxygen atoms in total. The number of benzene rings is 1. The van der Waals surface area contributed by atoms with E-state index in [1.807, 2.05) is 0 Å². The number of hydrogen-bond acceptors (Lipinski definition) is 1. The lowest BCUT2D eigenvalue weighted by Crippen LogP contribution is -2.21. The molecule has 1 aromatic carbocycles. The molecule has 0 aliphatic heterocycles. The van der Waals surface area contributed by atoms with Crippen LogP contribution in [0.2, 0.25) is 0 Å². The topological polar surface area (TPSA) is 12.0 Å². The molecule has 1 unspecified atom stereocenters. The minimum Gasteiger partial charge on any atom is -0.313 e. The smallest absolute Gasteiger partial charge is 0.0320 e. The molecule has 1 atom stereocenters. The maximum Gasteiger partial charge on any atom is 0.0320 e. The molecule has 18 heavy (non-hydrogen) atoms. The Labute approximate surface area is 112 Å². The standard InChI is InChI=1S/C17H27N/c1-13-9-10-16(11-14(13)2)17(18-3)12-15-7-5-4-6-8-15/h9-11,15,17-18H,4-8,12H2,1-3H3. The van der Waals surface area contributed by atoms with Gasteiger partial charge in [0.15, 0.2) is 0 Å². The monoisotopic (exact) mass is 245 g/mol. The van der Waals surface area contributed by atoms with Crippen LogP contribution < -0.4 is 5.32 Å². The number of aryl methyl sites for hydroxylation is 2. The number of hydrogen-bond donors (Lipinski definition) is 1. The van der Waals surface area contributed by atoms with Crippen molar-refractivity contribution in [2.24, 2.45) is 5.92 Å². The van der Waals surface area contributed by atoms with Crippen LogP contribution in [-0.2, 0) is 0 Å². The zero-order chi connectivity index (χ0) is 13.0. The van der Waals surface area contributed by atoms with Gasteiger partial charge >= 0.3 is 0 Å². The fourth-order valence-electron chi connectivity index (χ4n) is 3.16. The van der Waals surface area contributed by atoms with Gasteiger partial charge in [0, 0.05) is 6.04 Å². The van der Waals surface area contributed by atoms with E-state index in [4.69, 9.17) is 0 Å². The first-order valence-corrected chi connectivity index (χ1v) is 7.45. The molecule has 0 amide bonds. The van der Waals surface area contributed by atoms with Gasteiger partial charge in [-0.15, -0.1) is 0 Å². The summed E-state index contributed by atoms with van der Waals surface area (Å²) in [5.41, 5.74) is 4.27. The second-order valence-electron chi connectivity index (χ2n) is 5.92. The third-order valence-electron chi connectivity index (χ3n) is 4.58. The predicted octanol–water partition coefficient (Wildman–Crippen LogP) is 4.53. The van der Waals surface area contributed by atoms with Crippen LogP contribution in [-0.4, -0.2) is 7.05 Å². The van der Waals surface area contributed by atoms with Crippen LogP contribution in [0.4, 0.5) is 0 Å². The predicted molar refractivity (Wildman–Crippen MR) is 78.9 cm³/mol. The average molecular weight is 245 g/mol. The Balaban J connectivity index is 2.04. The summed E-state index contributed by atoms with van der Waals surface area (Å²) in [4.78, 5) is 0. The summed E-state index contributed by atoms with van der Waals surface area (Å²) in [5, 5.41) is 3.51. The molecule has 1 aliphatic rings. The second-order valence-corrected chi connectivity index (χ2v) is 5.92. The first-order valence-electron chi connectivity index (χ1n) is 7.45. The third-order valence-corrected chi connectivity index (χ3v) is 4.58. The van der Waals surface area contributed by atoms with Crippen LogP contribution in [0.5, 0.6) is 0 Å². The van der Waals surface area contributed by atoms with Crippen LogP contribution in [0.25, 0.3) is 0 Å². The molecule has 0 aromatic heterocycles. The van der Waals surface area contributed by atoms with Crippen LogP contribution >= 0.6 is 0 Å². The fourth-order valence-corrected chi connectivity index (χ4v) is 3.16. The zero-order valence-corrected chi connectivity index (χ0v) is 12.1. The number of rotatable bonds is 4. The first kappa shape index (κ1) is 13.6. The Morgan fingerprint density at radius 2 is 1.83 bits per heavy atom. The van der Waals surface area contributed by atoms with Crippen molar-refractivity contribution < 1.29 is 0 Å². The van der Waals surface area contributed by atoms with Gasteiger partial charge < -0.3 is 5.32 Å². The Morgan fingerprint density at radius 3 is 2.44 bits per heavy atom.